The molecule has 0 amide bonds. The van der Waals surface area contributed by atoms with E-state index in [1.807, 2.05) is 0 Å². The van der Waals surface area contributed by atoms with E-state index in [0.29, 0.717) is 4.57 Å². The predicted octanol–water partition coefficient (Wildman–Crippen LogP) is -1.84. The van der Waals surface area contributed by atoms with Crippen LogP contribution in [0.4, 0.5) is 0 Å². The van der Waals surface area contributed by atoms with Gasteiger partial charge in [0.1, 0.15) is 5.56 Å². The third-order valence-corrected chi connectivity index (χ3v) is 1.78. The summed E-state index contributed by atoms with van der Waals surface area (Å²) in [6.45, 7) is -0.173. The van der Waals surface area contributed by atoms with Crippen LogP contribution in [0.2, 0.25) is 0 Å². The van der Waals surface area contributed by atoms with Crippen LogP contribution in [0.15, 0.2) is 15.8 Å². The molecule has 0 aliphatic carbocycles. The normalized spacial score (nSPS) is 10.1. The fourth-order valence-electron chi connectivity index (χ4n) is 1.00. The maximum Gasteiger partial charge on any atom is 0.342 e. The Bertz CT molecular complexity index is 485. The molecule has 0 unspecified atom stereocenters. The zero-order chi connectivity index (χ0) is 10.9. The Labute approximate surface area is 78.0 Å². The number of aromatic nitrogens is 2. The lowest BCUT2D eigenvalue weighted by atomic mass is 10.3. The van der Waals surface area contributed by atoms with Crippen LogP contribution >= 0.6 is 0 Å². The van der Waals surface area contributed by atoms with Gasteiger partial charge >= 0.3 is 11.7 Å². The highest BCUT2D eigenvalue weighted by molar-refractivity contribution is 5.86. The van der Waals surface area contributed by atoms with Crippen molar-refractivity contribution in [2.24, 2.45) is 12.8 Å². The van der Waals surface area contributed by atoms with E-state index in [4.69, 9.17) is 10.8 Å². The van der Waals surface area contributed by atoms with Crippen LogP contribution in [0.5, 0.6) is 0 Å². The van der Waals surface area contributed by atoms with Gasteiger partial charge in [-0.3, -0.25) is 13.9 Å². The zero-order valence-corrected chi connectivity index (χ0v) is 7.43. The van der Waals surface area contributed by atoms with Crippen LogP contribution in [-0.4, -0.2) is 20.2 Å². The van der Waals surface area contributed by atoms with Crippen LogP contribution in [0.25, 0.3) is 0 Å². The van der Waals surface area contributed by atoms with E-state index in [1.54, 1.807) is 0 Å². The summed E-state index contributed by atoms with van der Waals surface area (Å²) in [6.07, 6.45) is 0.938. The first-order chi connectivity index (χ1) is 6.49. The van der Waals surface area contributed by atoms with Crippen LogP contribution < -0.4 is 17.0 Å². The van der Waals surface area contributed by atoms with Gasteiger partial charge in [0, 0.05) is 13.2 Å². The molecule has 0 aliphatic heterocycles. The van der Waals surface area contributed by atoms with E-state index in [0.717, 1.165) is 10.8 Å². The number of nitrogens with zero attached hydrogens (tertiary/aromatic N) is 2. The predicted molar refractivity (Wildman–Crippen MR) is 47.1 cm³/mol. The summed E-state index contributed by atoms with van der Waals surface area (Å²) in [6, 6.07) is 0. The smallest absolute Gasteiger partial charge is 0.342 e. The summed E-state index contributed by atoms with van der Waals surface area (Å²) in [5.74, 6) is -1.38. The molecule has 0 atom stereocenters. The number of carboxylic acids is 1. The summed E-state index contributed by atoms with van der Waals surface area (Å²) < 4.78 is 1.65. The summed E-state index contributed by atoms with van der Waals surface area (Å²) in [7, 11) is 1.20. The number of carbonyl (C=O) groups is 1. The molecule has 0 aromatic carbocycles. The van der Waals surface area contributed by atoms with Crippen molar-refractivity contribution in [3.05, 3.63) is 32.6 Å². The maximum atomic E-state index is 11.2. The molecular formula is C7H9N3O4. The minimum Gasteiger partial charge on any atom is -0.477 e. The zero-order valence-electron chi connectivity index (χ0n) is 7.43. The second kappa shape index (κ2) is 3.46. The first-order valence-electron chi connectivity index (χ1n) is 3.73. The Kier molecular flexibility index (Phi) is 2.52. The van der Waals surface area contributed by atoms with Crippen molar-refractivity contribution in [2.45, 2.75) is 6.67 Å². The van der Waals surface area contributed by atoms with E-state index in [1.165, 1.54) is 7.05 Å². The summed E-state index contributed by atoms with van der Waals surface area (Å²) in [4.78, 5) is 33.1. The molecule has 1 rings (SSSR count). The lowest BCUT2D eigenvalue weighted by Gasteiger charge is -2.05. The molecule has 0 fully saturated rings. The molecule has 1 aromatic heterocycles. The van der Waals surface area contributed by atoms with Crippen LogP contribution in [0.3, 0.4) is 0 Å². The average Bonchev–Trinajstić information content (AvgIpc) is 2.14. The van der Waals surface area contributed by atoms with Crippen LogP contribution in [0, 0.1) is 0 Å². The molecule has 0 saturated heterocycles. The van der Waals surface area contributed by atoms with Gasteiger partial charge in [0.2, 0.25) is 0 Å². The largest absolute Gasteiger partial charge is 0.477 e. The summed E-state index contributed by atoms with van der Waals surface area (Å²) in [5, 5.41) is 8.63. The van der Waals surface area contributed by atoms with E-state index in [9.17, 15) is 14.4 Å². The molecule has 1 aromatic rings. The molecule has 0 spiro atoms. The molecule has 3 N–H and O–H groups in total. The number of aromatic carboxylic acids is 1. The SMILES string of the molecule is Cn1c(=O)c(C(=O)O)cn(CN)c1=O. The summed E-state index contributed by atoms with van der Waals surface area (Å²) >= 11 is 0. The van der Waals surface area contributed by atoms with E-state index < -0.39 is 22.8 Å². The van der Waals surface area contributed by atoms with Crippen molar-refractivity contribution >= 4 is 5.97 Å². The van der Waals surface area contributed by atoms with Gasteiger partial charge in [0.05, 0.1) is 6.67 Å². The van der Waals surface area contributed by atoms with E-state index in [-0.39, 0.29) is 6.67 Å². The molecule has 0 bridgehead atoms. The third-order valence-electron chi connectivity index (χ3n) is 1.78. The van der Waals surface area contributed by atoms with Crippen LogP contribution in [0.1, 0.15) is 10.4 Å². The van der Waals surface area contributed by atoms with Gasteiger partial charge in [-0.1, -0.05) is 0 Å². The molecule has 7 nitrogen and oxygen atoms in total. The molecular weight excluding hydrogens is 190 g/mol. The fourth-order valence-corrected chi connectivity index (χ4v) is 1.00. The van der Waals surface area contributed by atoms with Crippen molar-refractivity contribution in [1.82, 2.24) is 9.13 Å². The Morgan fingerprint density at radius 1 is 1.57 bits per heavy atom. The van der Waals surface area contributed by atoms with Gasteiger partial charge in [0.15, 0.2) is 0 Å². The van der Waals surface area contributed by atoms with Crippen molar-refractivity contribution in [2.75, 3.05) is 0 Å². The van der Waals surface area contributed by atoms with Gasteiger partial charge in [-0.05, 0) is 0 Å². The van der Waals surface area contributed by atoms with Gasteiger partial charge in [-0.15, -0.1) is 0 Å². The topological polar surface area (TPSA) is 107 Å². The number of hydrogen-bond donors (Lipinski definition) is 2. The third kappa shape index (κ3) is 1.44. The number of nitrogens with two attached hydrogens (primary N) is 1. The maximum absolute atomic E-state index is 11.2. The number of rotatable bonds is 2. The molecule has 0 aliphatic rings. The molecule has 1 heterocycles. The Morgan fingerprint density at radius 3 is 2.57 bits per heavy atom. The summed E-state index contributed by atoms with van der Waals surface area (Å²) in [5.41, 5.74) is 3.24. The van der Waals surface area contributed by atoms with Crippen molar-refractivity contribution in [1.29, 1.82) is 0 Å². The molecule has 0 saturated carbocycles. The quantitative estimate of drug-likeness (QED) is 0.582. The highest BCUT2D eigenvalue weighted by Gasteiger charge is 2.13. The van der Waals surface area contributed by atoms with Gasteiger partial charge in [-0.2, -0.15) is 0 Å². The van der Waals surface area contributed by atoms with Crippen LogP contribution in [-0.2, 0) is 13.7 Å². The highest BCUT2D eigenvalue weighted by atomic mass is 16.4. The second-order valence-electron chi connectivity index (χ2n) is 2.65. The monoisotopic (exact) mass is 199 g/mol. The highest BCUT2D eigenvalue weighted by Crippen LogP contribution is 1.87. The minimum absolute atomic E-state index is 0.173. The van der Waals surface area contributed by atoms with E-state index >= 15 is 0 Å². The Hall–Kier alpha value is -1.89. The van der Waals surface area contributed by atoms with Gasteiger partial charge < -0.3 is 10.8 Å². The molecule has 76 valence electrons. The van der Waals surface area contributed by atoms with Crippen molar-refractivity contribution in [3.63, 3.8) is 0 Å². The standard InChI is InChI=1S/C7H9N3O4/c1-9-5(11)4(6(12)13)2-10(3-8)7(9)14/h2H,3,8H2,1H3,(H,12,13). The second-order valence-corrected chi connectivity index (χ2v) is 2.65. The molecule has 7 heteroatoms. The Balaban J connectivity index is 3.66. The first kappa shape index (κ1) is 10.2. The molecule has 0 radical (unpaired) electrons. The van der Waals surface area contributed by atoms with Crippen molar-refractivity contribution < 1.29 is 9.90 Å². The fraction of sp³-hybridized carbons (Fsp3) is 0.286. The average molecular weight is 199 g/mol. The first-order valence-corrected chi connectivity index (χ1v) is 3.73. The minimum atomic E-state index is -1.38. The van der Waals surface area contributed by atoms with E-state index in [2.05, 4.69) is 0 Å². The van der Waals surface area contributed by atoms with Gasteiger partial charge in [0.25, 0.3) is 5.56 Å². The number of hydrogen-bond acceptors (Lipinski definition) is 4. The van der Waals surface area contributed by atoms with Gasteiger partial charge in [-0.25, -0.2) is 9.59 Å². The number of carboxylic acid groups (broad SMARTS) is 1. The lowest BCUT2D eigenvalue weighted by molar-refractivity contribution is 0.0693. The van der Waals surface area contributed by atoms with Crippen molar-refractivity contribution in [3.8, 4) is 0 Å². The lowest BCUT2D eigenvalue weighted by Crippen LogP contribution is -2.41. The Morgan fingerprint density at radius 2 is 2.14 bits per heavy atom. The molecule has 14 heavy (non-hydrogen) atoms.